The summed E-state index contributed by atoms with van der Waals surface area (Å²) < 4.78 is 8.70. The maximum Gasteiger partial charge on any atom is 0.344 e. The molecule has 0 heterocycles. The molecule has 18 heavy (non-hydrogen) atoms. The first-order valence-electron chi connectivity index (χ1n) is 5.49. The SMILES string of the molecule is CCCCC(Oc1c(I)cc(I)cc1I)C(=O)O. The number of halogens is 3. The fourth-order valence-corrected chi connectivity index (χ4v) is 5.24. The minimum absolute atomic E-state index is 0.546. The lowest BCUT2D eigenvalue weighted by Gasteiger charge is -2.17. The van der Waals surface area contributed by atoms with Crippen LogP contribution in [-0.2, 0) is 4.79 Å². The first-order valence-corrected chi connectivity index (χ1v) is 8.73. The van der Waals surface area contributed by atoms with E-state index in [-0.39, 0.29) is 0 Å². The van der Waals surface area contributed by atoms with E-state index in [1.54, 1.807) is 0 Å². The summed E-state index contributed by atoms with van der Waals surface area (Å²) in [7, 11) is 0. The van der Waals surface area contributed by atoms with Gasteiger partial charge in [0, 0.05) is 3.57 Å². The Balaban J connectivity index is 2.90. The number of hydrogen-bond donors (Lipinski definition) is 1. The molecule has 1 rings (SSSR count). The molecular formula is C12H13I3O3. The molecule has 0 aliphatic heterocycles. The van der Waals surface area contributed by atoms with E-state index in [2.05, 4.69) is 67.8 Å². The van der Waals surface area contributed by atoms with E-state index in [1.165, 1.54) is 0 Å². The van der Waals surface area contributed by atoms with Crippen molar-refractivity contribution in [3.63, 3.8) is 0 Å². The van der Waals surface area contributed by atoms with Crippen LogP contribution in [0.3, 0.4) is 0 Å². The van der Waals surface area contributed by atoms with Gasteiger partial charge in [-0.25, -0.2) is 4.79 Å². The largest absolute Gasteiger partial charge is 0.479 e. The Labute approximate surface area is 147 Å². The molecule has 3 nitrogen and oxygen atoms in total. The Bertz CT molecular complexity index is 412. The van der Waals surface area contributed by atoms with Crippen molar-refractivity contribution >= 4 is 73.7 Å². The standard InChI is InChI=1S/C12H13I3O3/c1-2-3-4-10(12(16)17)18-11-8(14)5-7(13)6-9(11)15/h5-6,10H,2-4H2,1H3,(H,16,17). The van der Waals surface area contributed by atoms with Crippen molar-refractivity contribution in [2.24, 2.45) is 0 Å². The summed E-state index contributed by atoms with van der Waals surface area (Å²) in [5.74, 6) is -0.214. The zero-order valence-corrected chi connectivity index (χ0v) is 16.2. The molecule has 1 unspecified atom stereocenters. The lowest BCUT2D eigenvalue weighted by molar-refractivity contribution is -0.145. The Morgan fingerprint density at radius 1 is 1.33 bits per heavy atom. The van der Waals surface area contributed by atoms with E-state index in [4.69, 9.17) is 9.84 Å². The quantitative estimate of drug-likeness (QED) is 0.500. The number of benzene rings is 1. The number of rotatable bonds is 6. The van der Waals surface area contributed by atoms with Gasteiger partial charge in [-0.2, -0.15) is 0 Å². The molecular weight excluding hydrogens is 573 g/mol. The van der Waals surface area contributed by atoms with Crippen LogP contribution in [0.1, 0.15) is 26.2 Å². The number of aliphatic carboxylic acids is 1. The van der Waals surface area contributed by atoms with Crippen molar-refractivity contribution in [2.45, 2.75) is 32.3 Å². The van der Waals surface area contributed by atoms with Crippen LogP contribution in [0.25, 0.3) is 0 Å². The zero-order valence-electron chi connectivity index (χ0n) is 9.75. The summed E-state index contributed by atoms with van der Waals surface area (Å²) in [6.07, 6.45) is 1.61. The number of hydrogen-bond acceptors (Lipinski definition) is 2. The van der Waals surface area contributed by atoms with Gasteiger partial charge in [0.2, 0.25) is 0 Å². The van der Waals surface area contributed by atoms with Crippen LogP contribution in [0.15, 0.2) is 12.1 Å². The van der Waals surface area contributed by atoms with Crippen LogP contribution in [0.2, 0.25) is 0 Å². The Hall–Kier alpha value is 0.680. The van der Waals surface area contributed by atoms with Gasteiger partial charge in [-0.3, -0.25) is 0 Å². The number of ether oxygens (including phenoxy) is 1. The van der Waals surface area contributed by atoms with E-state index in [0.717, 1.165) is 23.6 Å². The third-order valence-electron chi connectivity index (χ3n) is 2.32. The molecule has 1 aromatic rings. The number of carbonyl (C=O) groups is 1. The fraction of sp³-hybridized carbons (Fsp3) is 0.417. The summed E-state index contributed by atoms with van der Waals surface area (Å²) in [6.45, 7) is 2.04. The highest BCUT2D eigenvalue weighted by atomic mass is 127. The lowest BCUT2D eigenvalue weighted by Crippen LogP contribution is -2.27. The Morgan fingerprint density at radius 2 is 1.89 bits per heavy atom. The third-order valence-corrected chi connectivity index (χ3v) is 4.54. The topological polar surface area (TPSA) is 46.5 Å². The predicted molar refractivity (Wildman–Crippen MR) is 96.2 cm³/mol. The minimum Gasteiger partial charge on any atom is -0.479 e. The summed E-state index contributed by atoms with van der Waals surface area (Å²) in [6, 6.07) is 3.97. The van der Waals surface area contributed by atoms with E-state index >= 15 is 0 Å². The highest BCUT2D eigenvalue weighted by molar-refractivity contribution is 14.1. The van der Waals surface area contributed by atoms with Crippen LogP contribution in [0.5, 0.6) is 5.75 Å². The van der Waals surface area contributed by atoms with Crippen LogP contribution < -0.4 is 4.74 Å². The monoisotopic (exact) mass is 586 g/mol. The molecule has 0 fully saturated rings. The van der Waals surface area contributed by atoms with Gasteiger partial charge in [0.05, 0.1) is 7.14 Å². The van der Waals surface area contributed by atoms with Crippen LogP contribution >= 0.6 is 67.8 Å². The highest BCUT2D eigenvalue weighted by Gasteiger charge is 2.21. The number of carboxylic acids is 1. The minimum atomic E-state index is -0.895. The van der Waals surface area contributed by atoms with Crippen molar-refractivity contribution in [1.29, 1.82) is 0 Å². The molecule has 0 saturated carbocycles. The summed E-state index contributed by atoms with van der Waals surface area (Å²) in [5.41, 5.74) is 0. The average molecular weight is 586 g/mol. The van der Waals surface area contributed by atoms with Gasteiger partial charge in [0.15, 0.2) is 6.10 Å². The van der Waals surface area contributed by atoms with Crippen molar-refractivity contribution in [3.8, 4) is 5.75 Å². The van der Waals surface area contributed by atoms with Crippen molar-refractivity contribution in [1.82, 2.24) is 0 Å². The Morgan fingerprint density at radius 3 is 2.33 bits per heavy atom. The molecule has 0 bridgehead atoms. The summed E-state index contributed by atoms with van der Waals surface area (Å²) >= 11 is 6.59. The molecule has 6 heteroatoms. The van der Waals surface area contributed by atoms with Gasteiger partial charge in [0.25, 0.3) is 0 Å². The maximum atomic E-state index is 11.2. The fourth-order valence-electron chi connectivity index (χ4n) is 1.41. The molecule has 100 valence electrons. The summed E-state index contributed by atoms with van der Waals surface area (Å²) in [5, 5.41) is 9.17. The van der Waals surface area contributed by atoms with E-state index in [9.17, 15) is 4.79 Å². The van der Waals surface area contributed by atoms with Gasteiger partial charge in [-0.05, 0) is 92.7 Å². The predicted octanol–water partition coefficient (Wildman–Crippen LogP) is 4.52. The lowest BCUT2D eigenvalue weighted by atomic mass is 10.1. The molecule has 0 radical (unpaired) electrons. The van der Waals surface area contributed by atoms with Gasteiger partial charge in [-0.15, -0.1) is 0 Å². The molecule has 0 amide bonds. The molecule has 1 atom stereocenters. The average Bonchev–Trinajstić information content (AvgIpc) is 2.26. The third kappa shape index (κ3) is 4.99. The molecule has 1 N–H and O–H groups in total. The van der Waals surface area contributed by atoms with Crippen molar-refractivity contribution < 1.29 is 14.6 Å². The van der Waals surface area contributed by atoms with Gasteiger partial charge in [-0.1, -0.05) is 13.3 Å². The highest BCUT2D eigenvalue weighted by Crippen LogP contribution is 2.31. The first kappa shape index (κ1) is 16.7. The first-order chi connectivity index (χ1) is 8.45. The molecule has 0 spiro atoms. The molecule has 0 aliphatic carbocycles. The van der Waals surface area contributed by atoms with E-state index < -0.39 is 12.1 Å². The Kier molecular flexibility index (Phi) is 7.51. The van der Waals surface area contributed by atoms with E-state index in [0.29, 0.717) is 12.2 Å². The maximum absolute atomic E-state index is 11.2. The van der Waals surface area contributed by atoms with Crippen LogP contribution in [0, 0.1) is 10.7 Å². The second kappa shape index (κ2) is 8.08. The van der Waals surface area contributed by atoms with Gasteiger partial charge in [0.1, 0.15) is 5.75 Å². The van der Waals surface area contributed by atoms with E-state index in [1.807, 2.05) is 19.1 Å². The smallest absolute Gasteiger partial charge is 0.344 e. The normalized spacial score (nSPS) is 12.2. The van der Waals surface area contributed by atoms with Gasteiger partial charge >= 0.3 is 5.97 Å². The van der Waals surface area contributed by atoms with Gasteiger partial charge < -0.3 is 9.84 Å². The molecule has 0 saturated heterocycles. The van der Waals surface area contributed by atoms with Crippen LogP contribution in [0.4, 0.5) is 0 Å². The molecule has 0 aliphatic rings. The molecule has 1 aromatic carbocycles. The number of carboxylic acid groups (broad SMARTS) is 1. The second-order valence-electron chi connectivity index (χ2n) is 3.79. The second-order valence-corrected chi connectivity index (χ2v) is 7.36. The van der Waals surface area contributed by atoms with Crippen molar-refractivity contribution in [2.75, 3.05) is 0 Å². The van der Waals surface area contributed by atoms with Crippen LogP contribution in [-0.4, -0.2) is 17.2 Å². The zero-order chi connectivity index (χ0) is 13.7. The summed E-state index contributed by atoms with van der Waals surface area (Å²) in [4.78, 5) is 11.2. The molecule has 0 aromatic heterocycles. The van der Waals surface area contributed by atoms with Crippen molar-refractivity contribution in [3.05, 3.63) is 22.8 Å². The number of unbranched alkanes of at least 4 members (excludes halogenated alkanes) is 1.